The summed E-state index contributed by atoms with van der Waals surface area (Å²) in [6, 6.07) is 7.02. The third-order valence-electron chi connectivity index (χ3n) is 2.39. The minimum absolute atomic E-state index is 0. The Hall–Kier alpha value is -1.75. The quantitative estimate of drug-likeness (QED) is 0.698. The smallest absolute Gasteiger partial charge is 0.224 e. The number of rotatable bonds is 6. The second kappa shape index (κ2) is 9.22. The van der Waals surface area contributed by atoms with Gasteiger partial charge in [-0.2, -0.15) is 0 Å². The van der Waals surface area contributed by atoms with Gasteiger partial charge >= 0.3 is 0 Å². The largest absolute Gasteiger partial charge is 0.397 e. The van der Waals surface area contributed by atoms with Crippen LogP contribution in [0.2, 0.25) is 0 Å². The van der Waals surface area contributed by atoms with Gasteiger partial charge in [0.2, 0.25) is 11.8 Å². The first-order valence-electron chi connectivity index (χ1n) is 6.04. The average molecular weight is 286 g/mol. The summed E-state index contributed by atoms with van der Waals surface area (Å²) in [4.78, 5) is 22.9. The highest BCUT2D eigenvalue weighted by molar-refractivity contribution is 5.95. The van der Waals surface area contributed by atoms with Crippen LogP contribution in [-0.4, -0.2) is 18.4 Å². The van der Waals surface area contributed by atoms with Crippen molar-refractivity contribution in [3.8, 4) is 0 Å². The lowest BCUT2D eigenvalue weighted by Gasteiger charge is -2.07. The van der Waals surface area contributed by atoms with Crippen LogP contribution in [0.25, 0.3) is 0 Å². The van der Waals surface area contributed by atoms with Gasteiger partial charge in [-0.05, 0) is 18.6 Å². The third-order valence-corrected chi connectivity index (χ3v) is 2.39. The molecule has 0 aliphatic heterocycles. The van der Waals surface area contributed by atoms with Crippen LogP contribution in [0.15, 0.2) is 24.3 Å². The number of nitrogen functional groups attached to an aromatic ring is 1. The maximum absolute atomic E-state index is 11.6. The summed E-state index contributed by atoms with van der Waals surface area (Å²) < 4.78 is 0. The monoisotopic (exact) mass is 285 g/mol. The van der Waals surface area contributed by atoms with Crippen molar-refractivity contribution in [3.05, 3.63) is 24.3 Å². The van der Waals surface area contributed by atoms with E-state index in [1.54, 1.807) is 24.3 Å². The topological polar surface area (TPSA) is 84.2 Å². The summed E-state index contributed by atoms with van der Waals surface area (Å²) in [5.74, 6) is -0.312. The number of hydrogen-bond acceptors (Lipinski definition) is 3. The van der Waals surface area contributed by atoms with Crippen LogP contribution in [0.3, 0.4) is 0 Å². The van der Waals surface area contributed by atoms with Gasteiger partial charge in [-0.15, -0.1) is 12.4 Å². The van der Waals surface area contributed by atoms with Gasteiger partial charge in [0, 0.05) is 19.4 Å². The molecule has 1 aromatic rings. The molecule has 2 amide bonds. The first kappa shape index (κ1) is 17.2. The Balaban J connectivity index is 0.00000324. The van der Waals surface area contributed by atoms with Gasteiger partial charge < -0.3 is 16.4 Å². The van der Waals surface area contributed by atoms with E-state index in [2.05, 4.69) is 10.6 Å². The summed E-state index contributed by atoms with van der Waals surface area (Å²) in [6.07, 6.45) is 1.24. The molecule has 0 bridgehead atoms. The highest BCUT2D eigenvalue weighted by atomic mass is 35.5. The zero-order chi connectivity index (χ0) is 13.4. The molecule has 1 aromatic carbocycles. The molecule has 0 saturated heterocycles. The fourth-order valence-electron chi connectivity index (χ4n) is 1.40. The van der Waals surface area contributed by atoms with Crippen LogP contribution in [0, 0.1) is 0 Å². The van der Waals surface area contributed by atoms with Gasteiger partial charge in [-0.25, -0.2) is 0 Å². The molecule has 0 atom stereocenters. The molecule has 4 N–H and O–H groups in total. The van der Waals surface area contributed by atoms with Gasteiger partial charge in [0.1, 0.15) is 0 Å². The Bertz CT molecular complexity index is 424. The molecule has 0 spiro atoms. The first-order valence-corrected chi connectivity index (χ1v) is 6.04. The minimum atomic E-state index is -0.209. The Labute approximate surface area is 119 Å². The summed E-state index contributed by atoms with van der Waals surface area (Å²) in [5, 5.41) is 5.40. The van der Waals surface area contributed by atoms with Crippen molar-refractivity contribution in [1.82, 2.24) is 5.32 Å². The highest BCUT2D eigenvalue weighted by Crippen LogP contribution is 2.16. The molecule has 1 rings (SSSR count). The van der Waals surface area contributed by atoms with E-state index in [4.69, 9.17) is 5.73 Å². The average Bonchev–Trinajstić information content (AvgIpc) is 2.36. The minimum Gasteiger partial charge on any atom is -0.397 e. The fraction of sp³-hybridized carbons (Fsp3) is 0.385. The number of amides is 2. The number of nitrogens with one attached hydrogen (secondary N) is 2. The van der Waals surface area contributed by atoms with Crippen LogP contribution in [-0.2, 0) is 9.59 Å². The molecule has 0 aliphatic rings. The Morgan fingerprint density at radius 1 is 1.16 bits per heavy atom. The first-order chi connectivity index (χ1) is 8.63. The molecular formula is C13H20ClN3O2. The van der Waals surface area contributed by atoms with E-state index in [1.165, 1.54) is 0 Å². The standard InChI is InChI=1S/C13H19N3O2.ClH/c1-2-9-15-12(17)7-8-13(18)16-11-6-4-3-5-10(11)14;/h3-6H,2,7-9,14H2,1H3,(H,15,17)(H,16,18);1H. The molecular weight excluding hydrogens is 266 g/mol. The Kier molecular flexibility index (Phi) is 8.37. The van der Waals surface area contributed by atoms with Crippen LogP contribution < -0.4 is 16.4 Å². The second-order valence-corrected chi connectivity index (χ2v) is 3.99. The maximum atomic E-state index is 11.6. The van der Waals surface area contributed by atoms with E-state index in [1.807, 2.05) is 6.92 Å². The predicted octanol–water partition coefficient (Wildman–Crippen LogP) is 1.94. The summed E-state index contributed by atoms with van der Waals surface area (Å²) >= 11 is 0. The molecule has 0 aromatic heterocycles. The molecule has 0 unspecified atom stereocenters. The van der Waals surface area contributed by atoms with Crippen molar-refractivity contribution in [2.75, 3.05) is 17.6 Å². The normalized spacial score (nSPS) is 9.32. The van der Waals surface area contributed by atoms with Crippen molar-refractivity contribution in [2.24, 2.45) is 0 Å². The molecule has 5 nitrogen and oxygen atoms in total. The Morgan fingerprint density at radius 2 is 1.79 bits per heavy atom. The Morgan fingerprint density at radius 3 is 2.42 bits per heavy atom. The summed E-state index contributed by atoms with van der Waals surface area (Å²) in [6.45, 7) is 2.62. The van der Waals surface area contributed by atoms with Crippen LogP contribution in [0.4, 0.5) is 11.4 Å². The fourth-order valence-corrected chi connectivity index (χ4v) is 1.40. The van der Waals surface area contributed by atoms with Crippen LogP contribution in [0.5, 0.6) is 0 Å². The number of carbonyl (C=O) groups excluding carboxylic acids is 2. The third kappa shape index (κ3) is 6.67. The molecule has 0 aliphatic carbocycles. The SMILES string of the molecule is CCCNC(=O)CCC(=O)Nc1ccccc1N.Cl. The van der Waals surface area contributed by atoms with Crippen molar-refractivity contribution in [3.63, 3.8) is 0 Å². The summed E-state index contributed by atoms with van der Waals surface area (Å²) in [7, 11) is 0. The number of benzene rings is 1. The second-order valence-electron chi connectivity index (χ2n) is 3.99. The van der Waals surface area contributed by atoms with E-state index < -0.39 is 0 Å². The van der Waals surface area contributed by atoms with Crippen molar-refractivity contribution < 1.29 is 9.59 Å². The number of halogens is 1. The zero-order valence-electron chi connectivity index (χ0n) is 10.9. The summed E-state index contributed by atoms with van der Waals surface area (Å²) in [5.41, 5.74) is 6.79. The van der Waals surface area contributed by atoms with E-state index in [0.29, 0.717) is 17.9 Å². The van der Waals surface area contributed by atoms with Crippen LogP contribution >= 0.6 is 12.4 Å². The van der Waals surface area contributed by atoms with E-state index in [-0.39, 0.29) is 37.1 Å². The molecule has 6 heteroatoms. The number of anilines is 2. The zero-order valence-corrected chi connectivity index (χ0v) is 11.8. The van der Waals surface area contributed by atoms with Gasteiger partial charge in [-0.1, -0.05) is 19.1 Å². The number of hydrogen-bond donors (Lipinski definition) is 3. The van der Waals surface area contributed by atoms with E-state index >= 15 is 0 Å². The molecule has 0 radical (unpaired) electrons. The van der Waals surface area contributed by atoms with Gasteiger partial charge in [-0.3, -0.25) is 9.59 Å². The molecule has 106 valence electrons. The van der Waals surface area contributed by atoms with Crippen LogP contribution in [0.1, 0.15) is 26.2 Å². The predicted molar refractivity (Wildman–Crippen MR) is 79.3 cm³/mol. The molecule has 0 heterocycles. The van der Waals surface area contributed by atoms with Crippen molar-refractivity contribution in [2.45, 2.75) is 26.2 Å². The molecule has 0 saturated carbocycles. The van der Waals surface area contributed by atoms with E-state index in [0.717, 1.165) is 6.42 Å². The number of nitrogens with two attached hydrogens (primary N) is 1. The lowest BCUT2D eigenvalue weighted by Crippen LogP contribution is -2.25. The molecule has 19 heavy (non-hydrogen) atoms. The highest BCUT2D eigenvalue weighted by Gasteiger charge is 2.07. The lowest BCUT2D eigenvalue weighted by atomic mass is 10.2. The molecule has 0 fully saturated rings. The van der Waals surface area contributed by atoms with Gasteiger partial charge in [0.05, 0.1) is 11.4 Å². The van der Waals surface area contributed by atoms with Gasteiger partial charge in [0.25, 0.3) is 0 Å². The lowest BCUT2D eigenvalue weighted by molar-refractivity contribution is -0.124. The van der Waals surface area contributed by atoms with Gasteiger partial charge in [0.15, 0.2) is 0 Å². The number of para-hydroxylation sites is 2. The van der Waals surface area contributed by atoms with Crippen molar-refractivity contribution in [1.29, 1.82) is 0 Å². The number of carbonyl (C=O) groups is 2. The van der Waals surface area contributed by atoms with E-state index in [9.17, 15) is 9.59 Å². The maximum Gasteiger partial charge on any atom is 0.224 e. The van der Waals surface area contributed by atoms with Crippen molar-refractivity contribution >= 4 is 35.6 Å².